The molecule has 1 aromatic rings. The van der Waals surface area contributed by atoms with Gasteiger partial charge in [-0.3, -0.25) is 0 Å². The largest absolute Gasteiger partial charge is 0.399 e. The molecule has 0 saturated carbocycles. The highest BCUT2D eigenvalue weighted by molar-refractivity contribution is 5.80. The molecule has 0 bridgehead atoms. The van der Waals surface area contributed by atoms with Gasteiger partial charge in [0.1, 0.15) is 0 Å². The van der Waals surface area contributed by atoms with Crippen molar-refractivity contribution in [2.24, 2.45) is 0 Å². The van der Waals surface area contributed by atoms with Crippen LogP contribution >= 0.6 is 0 Å². The molecule has 0 aliphatic rings. The number of hydrogen-bond donors (Lipinski definition) is 2. The van der Waals surface area contributed by atoms with Crippen LogP contribution in [0.3, 0.4) is 0 Å². The van der Waals surface area contributed by atoms with Crippen LogP contribution in [0.1, 0.15) is 25.8 Å². The normalized spacial score (nSPS) is 11.5. The molecule has 0 radical (unpaired) electrons. The lowest BCUT2D eigenvalue weighted by Gasteiger charge is -2.02. The van der Waals surface area contributed by atoms with Crippen molar-refractivity contribution in [1.29, 1.82) is 5.41 Å². The fourth-order valence-corrected chi connectivity index (χ4v) is 1.36. The van der Waals surface area contributed by atoms with Gasteiger partial charge in [0.15, 0.2) is 0 Å². The van der Waals surface area contributed by atoms with Gasteiger partial charge in [-0.25, -0.2) is 0 Å². The summed E-state index contributed by atoms with van der Waals surface area (Å²) >= 11 is 0. The number of rotatable bonds is 4. The van der Waals surface area contributed by atoms with Crippen molar-refractivity contribution in [3.63, 3.8) is 0 Å². The van der Waals surface area contributed by atoms with Crippen LogP contribution in [0.2, 0.25) is 0 Å². The first-order valence-corrected chi connectivity index (χ1v) is 5.12. The minimum Gasteiger partial charge on any atom is -0.399 e. The number of nitrogen functional groups attached to an aromatic ring is 1. The summed E-state index contributed by atoms with van der Waals surface area (Å²) < 4.78 is 0. The summed E-state index contributed by atoms with van der Waals surface area (Å²) in [4.78, 5) is 0. The molecule has 1 aromatic carbocycles. The summed E-state index contributed by atoms with van der Waals surface area (Å²) in [5, 5.41) is 7.33. The molecule has 0 atom stereocenters. The van der Waals surface area contributed by atoms with Gasteiger partial charge >= 0.3 is 0 Å². The Morgan fingerprint density at radius 1 is 1.27 bits per heavy atom. The Hall–Kier alpha value is -1.57. The molecule has 80 valence electrons. The zero-order valence-electron chi connectivity index (χ0n) is 9.38. The van der Waals surface area contributed by atoms with Gasteiger partial charge in [-0.15, -0.1) is 0 Å². The zero-order chi connectivity index (χ0) is 11.3. The second-order valence-electron chi connectivity index (χ2n) is 3.95. The standard InChI is InChI=1S/C13H18N2/c1-10(3-4-11(2)14)9-12-5-7-13(15)8-6-12/h3,5-8,14H,4,9,15H2,1-2H3. The Morgan fingerprint density at radius 3 is 2.40 bits per heavy atom. The smallest absolute Gasteiger partial charge is 0.0314 e. The third-order valence-electron chi connectivity index (χ3n) is 2.22. The van der Waals surface area contributed by atoms with Gasteiger partial charge in [0, 0.05) is 17.8 Å². The van der Waals surface area contributed by atoms with Crippen molar-refractivity contribution in [3.8, 4) is 0 Å². The molecular weight excluding hydrogens is 184 g/mol. The van der Waals surface area contributed by atoms with Crippen molar-refractivity contribution >= 4 is 11.4 Å². The first-order valence-electron chi connectivity index (χ1n) is 5.12. The molecule has 0 aliphatic carbocycles. The number of hydrogen-bond acceptors (Lipinski definition) is 2. The Morgan fingerprint density at radius 2 is 1.87 bits per heavy atom. The summed E-state index contributed by atoms with van der Waals surface area (Å²) in [6.45, 7) is 3.92. The summed E-state index contributed by atoms with van der Waals surface area (Å²) in [6.07, 6.45) is 3.80. The molecule has 1 rings (SSSR count). The predicted molar refractivity (Wildman–Crippen MR) is 66.3 cm³/mol. The summed E-state index contributed by atoms with van der Waals surface area (Å²) in [6, 6.07) is 7.93. The second-order valence-corrected chi connectivity index (χ2v) is 3.95. The van der Waals surface area contributed by atoms with E-state index in [-0.39, 0.29) is 0 Å². The Labute approximate surface area is 91.3 Å². The lowest BCUT2D eigenvalue weighted by Crippen LogP contribution is -1.91. The van der Waals surface area contributed by atoms with Gasteiger partial charge in [0.25, 0.3) is 0 Å². The molecule has 0 heterocycles. The van der Waals surface area contributed by atoms with E-state index in [2.05, 4.69) is 13.0 Å². The third-order valence-corrected chi connectivity index (χ3v) is 2.22. The quantitative estimate of drug-likeness (QED) is 0.439. The van der Waals surface area contributed by atoms with Crippen LogP contribution in [-0.4, -0.2) is 5.71 Å². The van der Waals surface area contributed by atoms with E-state index in [1.165, 1.54) is 11.1 Å². The zero-order valence-corrected chi connectivity index (χ0v) is 9.38. The summed E-state index contributed by atoms with van der Waals surface area (Å²) in [5.74, 6) is 0. The topological polar surface area (TPSA) is 49.9 Å². The average molecular weight is 202 g/mol. The second kappa shape index (κ2) is 5.35. The van der Waals surface area contributed by atoms with Gasteiger partial charge < -0.3 is 11.1 Å². The maximum atomic E-state index is 7.33. The van der Waals surface area contributed by atoms with Crippen LogP contribution in [0.15, 0.2) is 35.9 Å². The van der Waals surface area contributed by atoms with Gasteiger partial charge in [-0.1, -0.05) is 23.8 Å². The van der Waals surface area contributed by atoms with Gasteiger partial charge in [0.05, 0.1) is 0 Å². The van der Waals surface area contributed by atoms with E-state index in [1.807, 2.05) is 31.2 Å². The highest BCUT2D eigenvalue weighted by atomic mass is 14.5. The molecule has 0 fully saturated rings. The van der Waals surface area contributed by atoms with Crippen LogP contribution < -0.4 is 5.73 Å². The van der Waals surface area contributed by atoms with Crippen LogP contribution in [0.5, 0.6) is 0 Å². The van der Waals surface area contributed by atoms with E-state index in [0.717, 1.165) is 18.5 Å². The van der Waals surface area contributed by atoms with E-state index in [4.69, 9.17) is 11.1 Å². The number of allylic oxidation sites excluding steroid dienone is 2. The number of anilines is 1. The van der Waals surface area contributed by atoms with E-state index in [1.54, 1.807) is 0 Å². The van der Waals surface area contributed by atoms with Crippen molar-refractivity contribution in [2.45, 2.75) is 26.7 Å². The first kappa shape index (κ1) is 11.5. The molecule has 0 amide bonds. The lowest BCUT2D eigenvalue weighted by atomic mass is 10.0. The van der Waals surface area contributed by atoms with Gasteiger partial charge in [-0.2, -0.15) is 0 Å². The van der Waals surface area contributed by atoms with Crippen molar-refractivity contribution in [1.82, 2.24) is 0 Å². The highest BCUT2D eigenvalue weighted by Crippen LogP contribution is 2.11. The SMILES string of the molecule is CC(=N)CC=C(C)Cc1ccc(N)cc1. The van der Waals surface area contributed by atoms with Crippen LogP contribution in [0, 0.1) is 5.41 Å². The Kier molecular flexibility index (Phi) is 4.10. The molecule has 0 spiro atoms. The lowest BCUT2D eigenvalue weighted by molar-refractivity contribution is 1.12. The maximum absolute atomic E-state index is 7.33. The summed E-state index contributed by atoms with van der Waals surface area (Å²) in [7, 11) is 0. The monoisotopic (exact) mass is 202 g/mol. The van der Waals surface area contributed by atoms with Gasteiger partial charge in [-0.05, 0) is 38.0 Å². The van der Waals surface area contributed by atoms with Crippen molar-refractivity contribution < 1.29 is 0 Å². The fraction of sp³-hybridized carbons (Fsp3) is 0.308. The number of benzene rings is 1. The highest BCUT2D eigenvalue weighted by Gasteiger charge is 1.95. The minimum atomic E-state index is 0.701. The predicted octanol–water partition coefficient (Wildman–Crippen LogP) is 3.19. The van der Waals surface area contributed by atoms with Crippen molar-refractivity contribution in [3.05, 3.63) is 41.5 Å². The molecule has 3 N–H and O–H groups in total. The molecule has 0 aromatic heterocycles. The number of nitrogens with one attached hydrogen (secondary N) is 1. The van der Waals surface area contributed by atoms with Crippen LogP contribution in [0.4, 0.5) is 5.69 Å². The third kappa shape index (κ3) is 4.45. The molecule has 2 heteroatoms. The molecule has 15 heavy (non-hydrogen) atoms. The maximum Gasteiger partial charge on any atom is 0.0314 e. The van der Waals surface area contributed by atoms with Crippen LogP contribution in [-0.2, 0) is 6.42 Å². The molecular formula is C13H18N2. The first-order chi connectivity index (χ1) is 7.08. The van der Waals surface area contributed by atoms with Crippen molar-refractivity contribution in [2.75, 3.05) is 5.73 Å². The fourth-order valence-electron chi connectivity index (χ4n) is 1.36. The molecule has 0 aliphatic heterocycles. The van der Waals surface area contributed by atoms with E-state index in [0.29, 0.717) is 5.71 Å². The molecule has 0 unspecified atom stereocenters. The molecule has 2 nitrogen and oxygen atoms in total. The van der Waals surface area contributed by atoms with E-state index < -0.39 is 0 Å². The minimum absolute atomic E-state index is 0.701. The number of nitrogens with two attached hydrogens (primary N) is 1. The summed E-state index contributed by atoms with van der Waals surface area (Å²) in [5.41, 5.74) is 9.68. The van der Waals surface area contributed by atoms with Gasteiger partial charge in [0.2, 0.25) is 0 Å². The van der Waals surface area contributed by atoms with E-state index in [9.17, 15) is 0 Å². The average Bonchev–Trinajstić information content (AvgIpc) is 2.19. The molecule has 0 saturated heterocycles. The Bertz CT molecular complexity index is 361. The van der Waals surface area contributed by atoms with Crippen LogP contribution in [0.25, 0.3) is 0 Å². The Balaban J connectivity index is 2.58. The van der Waals surface area contributed by atoms with E-state index >= 15 is 0 Å².